The number of halogens is 3. The number of thioether (sulfide) groups is 1. The summed E-state index contributed by atoms with van der Waals surface area (Å²) in [5.41, 5.74) is -0.722. The maximum absolute atomic E-state index is 12.3. The summed E-state index contributed by atoms with van der Waals surface area (Å²) in [4.78, 5) is 3.74. The summed E-state index contributed by atoms with van der Waals surface area (Å²) in [5, 5.41) is 3.02. The van der Waals surface area contributed by atoms with E-state index in [1.165, 1.54) is 6.07 Å². The molecule has 17 heavy (non-hydrogen) atoms. The van der Waals surface area contributed by atoms with Crippen molar-refractivity contribution in [2.75, 3.05) is 23.9 Å². The van der Waals surface area contributed by atoms with Crippen LogP contribution < -0.4 is 5.32 Å². The first-order valence-electron chi connectivity index (χ1n) is 5.19. The van der Waals surface area contributed by atoms with Gasteiger partial charge in [-0.05, 0) is 30.1 Å². The van der Waals surface area contributed by atoms with Crippen molar-refractivity contribution >= 4 is 17.6 Å². The number of hydrogen-bond acceptors (Lipinski definition) is 3. The largest absolute Gasteiger partial charge is 0.417 e. The second-order valence-corrected chi connectivity index (χ2v) is 4.78. The van der Waals surface area contributed by atoms with Crippen LogP contribution in [-0.2, 0) is 6.18 Å². The van der Waals surface area contributed by atoms with Gasteiger partial charge < -0.3 is 5.32 Å². The minimum atomic E-state index is -4.32. The molecular weight excluding hydrogens is 249 g/mol. The highest BCUT2D eigenvalue weighted by molar-refractivity contribution is 7.98. The van der Waals surface area contributed by atoms with E-state index in [1.807, 2.05) is 6.26 Å². The van der Waals surface area contributed by atoms with Crippen LogP contribution in [-0.4, -0.2) is 23.5 Å². The number of aromatic nitrogens is 1. The average molecular weight is 264 g/mol. The van der Waals surface area contributed by atoms with E-state index in [1.54, 1.807) is 11.8 Å². The van der Waals surface area contributed by atoms with Gasteiger partial charge in [-0.1, -0.05) is 6.92 Å². The van der Waals surface area contributed by atoms with E-state index in [2.05, 4.69) is 17.2 Å². The van der Waals surface area contributed by atoms with Gasteiger partial charge in [0.1, 0.15) is 5.82 Å². The van der Waals surface area contributed by atoms with Crippen molar-refractivity contribution in [1.29, 1.82) is 0 Å². The van der Waals surface area contributed by atoms with Crippen molar-refractivity contribution in [3.63, 3.8) is 0 Å². The Kier molecular flexibility index (Phi) is 5.11. The second-order valence-electron chi connectivity index (χ2n) is 3.87. The number of nitrogens with zero attached hydrogens (tertiary/aromatic N) is 1. The van der Waals surface area contributed by atoms with E-state index >= 15 is 0 Å². The number of rotatable bonds is 5. The van der Waals surface area contributed by atoms with Gasteiger partial charge in [0.05, 0.1) is 5.56 Å². The van der Waals surface area contributed by atoms with Crippen LogP contribution >= 0.6 is 11.8 Å². The third-order valence-electron chi connectivity index (χ3n) is 2.17. The molecule has 0 aliphatic heterocycles. The molecule has 6 heteroatoms. The molecule has 1 rings (SSSR count). The monoisotopic (exact) mass is 264 g/mol. The number of alkyl halides is 3. The fourth-order valence-corrected chi connectivity index (χ4v) is 1.98. The Bertz CT molecular complexity index is 338. The molecule has 1 unspecified atom stereocenters. The molecule has 96 valence electrons. The molecule has 0 saturated carbocycles. The SMILES string of the molecule is CSCC(C)CNc1ccc(C(F)(F)F)cn1. The molecule has 0 fully saturated rings. The lowest BCUT2D eigenvalue weighted by molar-refractivity contribution is -0.137. The van der Waals surface area contributed by atoms with Crippen LogP contribution in [0.2, 0.25) is 0 Å². The number of nitrogens with one attached hydrogen (secondary N) is 1. The van der Waals surface area contributed by atoms with Crippen molar-refractivity contribution in [2.24, 2.45) is 5.92 Å². The van der Waals surface area contributed by atoms with E-state index < -0.39 is 11.7 Å². The summed E-state index contributed by atoms with van der Waals surface area (Å²) < 4.78 is 36.8. The summed E-state index contributed by atoms with van der Waals surface area (Å²) >= 11 is 1.74. The maximum atomic E-state index is 12.3. The molecule has 0 aliphatic carbocycles. The molecular formula is C11H15F3N2S. The van der Waals surface area contributed by atoms with Crippen LogP contribution in [0.15, 0.2) is 18.3 Å². The summed E-state index contributed by atoms with van der Waals surface area (Å²) in [6, 6.07) is 2.39. The number of pyridine rings is 1. The van der Waals surface area contributed by atoms with Crippen LogP contribution in [0, 0.1) is 5.92 Å². The van der Waals surface area contributed by atoms with Crippen LogP contribution in [0.1, 0.15) is 12.5 Å². The zero-order chi connectivity index (χ0) is 12.9. The Balaban J connectivity index is 2.51. The van der Waals surface area contributed by atoms with Crippen molar-refractivity contribution in [3.05, 3.63) is 23.9 Å². The second kappa shape index (κ2) is 6.14. The Morgan fingerprint density at radius 2 is 2.12 bits per heavy atom. The fraction of sp³-hybridized carbons (Fsp3) is 0.545. The molecule has 0 bridgehead atoms. The van der Waals surface area contributed by atoms with Crippen LogP contribution in [0.25, 0.3) is 0 Å². The molecule has 1 N–H and O–H groups in total. The highest BCUT2D eigenvalue weighted by atomic mass is 32.2. The maximum Gasteiger partial charge on any atom is 0.417 e. The van der Waals surface area contributed by atoms with Crippen LogP contribution in [0.4, 0.5) is 19.0 Å². The predicted molar refractivity (Wildman–Crippen MR) is 65.3 cm³/mol. The van der Waals surface area contributed by atoms with Gasteiger partial charge in [0.25, 0.3) is 0 Å². The summed E-state index contributed by atoms with van der Waals surface area (Å²) in [5.74, 6) is 1.94. The van der Waals surface area contributed by atoms with Crippen molar-refractivity contribution in [2.45, 2.75) is 13.1 Å². The van der Waals surface area contributed by atoms with E-state index in [0.717, 1.165) is 18.0 Å². The Labute approximate surface area is 103 Å². The van der Waals surface area contributed by atoms with Gasteiger partial charge in [0, 0.05) is 12.7 Å². The first kappa shape index (κ1) is 14.2. The van der Waals surface area contributed by atoms with Crippen molar-refractivity contribution in [1.82, 2.24) is 4.98 Å². The Morgan fingerprint density at radius 1 is 1.41 bits per heavy atom. The average Bonchev–Trinajstić information content (AvgIpc) is 2.26. The van der Waals surface area contributed by atoms with Gasteiger partial charge >= 0.3 is 6.18 Å². The van der Waals surface area contributed by atoms with Crippen molar-refractivity contribution in [3.8, 4) is 0 Å². The lowest BCUT2D eigenvalue weighted by Gasteiger charge is -2.12. The van der Waals surface area contributed by atoms with Gasteiger partial charge in [-0.15, -0.1) is 0 Å². The Hall–Kier alpha value is -0.910. The van der Waals surface area contributed by atoms with Gasteiger partial charge in [0.2, 0.25) is 0 Å². The highest BCUT2D eigenvalue weighted by Crippen LogP contribution is 2.28. The normalized spacial score (nSPS) is 13.5. The molecule has 0 saturated heterocycles. The Morgan fingerprint density at radius 3 is 2.59 bits per heavy atom. The van der Waals surface area contributed by atoms with Gasteiger partial charge in [-0.3, -0.25) is 0 Å². The van der Waals surface area contributed by atoms with E-state index in [4.69, 9.17) is 0 Å². The topological polar surface area (TPSA) is 24.9 Å². The first-order chi connectivity index (χ1) is 7.93. The molecule has 1 atom stereocenters. The molecule has 0 radical (unpaired) electrons. The molecule has 0 aliphatic rings. The summed E-state index contributed by atoms with van der Waals surface area (Å²) in [7, 11) is 0. The molecule has 1 aromatic heterocycles. The minimum absolute atomic E-state index is 0.453. The highest BCUT2D eigenvalue weighted by Gasteiger charge is 2.30. The lowest BCUT2D eigenvalue weighted by atomic mass is 10.2. The third kappa shape index (κ3) is 4.85. The molecule has 0 aromatic carbocycles. The van der Waals surface area contributed by atoms with Gasteiger partial charge in [0.15, 0.2) is 0 Å². The quantitative estimate of drug-likeness (QED) is 0.881. The third-order valence-corrected chi connectivity index (χ3v) is 3.08. The van der Waals surface area contributed by atoms with E-state index in [0.29, 0.717) is 18.3 Å². The molecule has 0 spiro atoms. The first-order valence-corrected chi connectivity index (χ1v) is 6.59. The standard InChI is InChI=1S/C11H15F3N2S/c1-8(7-17-2)5-15-10-4-3-9(6-16-10)11(12,13)14/h3-4,6,8H,5,7H2,1-2H3,(H,15,16). The smallest absolute Gasteiger partial charge is 0.370 e. The van der Waals surface area contributed by atoms with Gasteiger partial charge in [-0.25, -0.2) is 4.98 Å². The van der Waals surface area contributed by atoms with Crippen molar-refractivity contribution < 1.29 is 13.2 Å². The summed E-state index contributed by atoms with van der Waals surface area (Å²) in [6.45, 7) is 2.78. The summed E-state index contributed by atoms with van der Waals surface area (Å²) in [6.07, 6.45) is -1.45. The van der Waals surface area contributed by atoms with E-state index in [-0.39, 0.29) is 0 Å². The fourth-order valence-electron chi connectivity index (χ4n) is 1.29. The predicted octanol–water partition coefficient (Wildman–Crippen LogP) is 3.51. The molecule has 0 amide bonds. The lowest BCUT2D eigenvalue weighted by Crippen LogP contribution is -2.14. The molecule has 1 aromatic rings. The molecule has 2 nitrogen and oxygen atoms in total. The molecule has 1 heterocycles. The van der Waals surface area contributed by atoms with E-state index in [9.17, 15) is 13.2 Å². The van der Waals surface area contributed by atoms with Crippen LogP contribution in [0.3, 0.4) is 0 Å². The zero-order valence-electron chi connectivity index (χ0n) is 9.71. The minimum Gasteiger partial charge on any atom is -0.370 e. The number of hydrogen-bond donors (Lipinski definition) is 1. The van der Waals surface area contributed by atoms with Crippen LogP contribution in [0.5, 0.6) is 0 Å². The van der Waals surface area contributed by atoms with Gasteiger partial charge in [-0.2, -0.15) is 24.9 Å². The zero-order valence-corrected chi connectivity index (χ0v) is 10.5. The number of anilines is 1.